The van der Waals surface area contributed by atoms with Gasteiger partial charge in [-0.3, -0.25) is 9.80 Å². The molecule has 1 aliphatic carbocycles. The van der Waals surface area contributed by atoms with E-state index in [1.165, 1.54) is 6.42 Å². The van der Waals surface area contributed by atoms with Crippen LogP contribution in [-0.4, -0.2) is 60.3 Å². The van der Waals surface area contributed by atoms with E-state index in [1.807, 2.05) is 24.3 Å². The van der Waals surface area contributed by atoms with Crippen molar-refractivity contribution in [2.24, 2.45) is 0 Å². The van der Waals surface area contributed by atoms with Gasteiger partial charge in [0.1, 0.15) is 5.75 Å². The molecule has 4 rings (SSSR count). The number of piperazine rings is 1. The van der Waals surface area contributed by atoms with E-state index in [-0.39, 0.29) is 0 Å². The summed E-state index contributed by atoms with van der Waals surface area (Å²) in [6, 6.07) is 13.4. The van der Waals surface area contributed by atoms with E-state index in [9.17, 15) is 18.3 Å². The van der Waals surface area contributed by atoms with Crippen LogP contribution < -0.4 is 4.74 Å². The molecular weight excluding hydrogens is 453 g/mol. The van der Waals surface area contributed by atoms with Gasteiger partial charge in [-0.1, -0.05) is 49.6 Å². The minimum Gasteiger partial charge on any atom is -0.497 e. The number of halogens is 3. The Morgan fingerprint density at radius 1 is 0.914 bits per heavy atom. The van der Waals surface area contributed by atoms with Gasteiger partial charge >= 0.3 is 6.18 Å². The van der Waals surface area contributed by atoms with Crippen molar-refractivity contribution in [3.63, 3.8) is 0 Å². The van der Waals surface area contributed by atoms with Gasteiger partial charge in [0.2, 0.25) is 0 Å². The molecule has 35 heavy (non-hydrogen) atoms. The fourth-order valence-corrected chi connectivity index (χ4v) is 5.16. The van der Waals surface area contributed by atoms with Crippen LogP contribution in [0.25, 0.3) is 5.57 Å². The van der Waals surface area contributed by atoms with Gasteiger partial charge < -0.3 is 9.84 Å². The third kappa shape index (κ3) is 6.66. The third-order valence-corrected chi connectivity index (χ3v) is 7.29. The number of hydrogen-bond donors (Lipinski definition) is 1. The molecule has 1 aliphatic heterocycles. The number of benzene rings is 2. The van der Waals surface area contributed by atoms with E-state index in [4.69, 9.17) is 4.74 Å². The highest BCUT2D eigenvalue weighted by Gasteiger charge is 2.34. The van der Waals surface area contributed by atoms with Crippen LogP contribution in [0, 0.1) is 0 Å². The standard InChI is InChI=1S/C28H35F3N2O2/c1-35-25-11-7-23(8-12-25)26(27(34)14-3-2-4-15-27)13-16-32-17-19-33(20-18-32)21-22-5-9-24(10-6-22)28(29,30)31/h5-13,34H,2-4,14-21H2,1H3/b26-13-. The number of alkyl halides is 3. The van der Waals surface area contributed by atoms with E-state index in [1.54, 1.807) is 19.2 Å². The van der Waals surface area contributed by atoms with Crippen molar-refractivity contribution in [3.05, 3.63) is 71.3 Å². The zero-order chi connectivity index (χ0) is 24.9. The van der Waals surface area contributed by atoms with Crippen LogP contribution in [-0.2, 0) is 12.7 Å². The number of ether oxygens (including phenoxy) is 1. The third-order valence-electron chi connectivity index (χ3n) is 7.29. The SMILES string of the molecule is COc1ccc(/C(=C/CN2CCN(Cc3ccc(C(F)(F)F)cc3)CC2)C2(O)CCCCC2)cc1. The molecule has 0 amide bonds. The molecule has 0 atom stereocenters. The van der Waals surface area contributed by atoms with Crippen molar-refractivity contribution >= 4 is 5.57 Å². The van der Waals surface area contributed by atoms with Crippen molar-refractivity contribution < 1.29 is 23.0 Å². The summed E-state index contributed by atoms with van der Waals surface area (Å²) in [6.45, 7) is 4.89. The molecule has 0 unspecified atom stereocenters. The van der Waals surface area contributed by atoms with Gasteiger partial charge in [-0.05, 0) is 53.8 Å². The van der Waals surface area contributed by atoms with Crippen molar-refractivity contribution in [2.75, 3.05) is 39.8 Å². The molecule has 2 fully saturated rings. The molecule has 2 aliphatic rings. The molecule has 4 nitrogen and oxygen atoms in total. The van der Waals surface area contributed by atoms with Crippen molar-refractivity contribution in [2.45, 2.75) is 50.4 Å². The topological polar surface area (TPSA) is 35.9 Å². The summed E-state index contributed by atoms with van der Waals surface area (Å²) >= 11 is 0. The Balaban J connectivity index is 1.37. The summed E-state index contributed by atoms with van der Waals surface area (Å²) in [5, 5.41) is 11.5. The lowest BCUT2D eigenvalue weighted by Gasteiger charge is -2.37. The molecular formula is C28H35F3N2O2. The quantitative estimate of drug-likeness (QED) is 0.550. The zero-order valence-corrected chi connectivity index (χ0v) is 20.4. The monoisotopic (exact) mass is 488 g/mol. The van der Waals surface area contributed by atoms with E-state index in [0.29, 0.717) is 6.54 Å². The normalized spacial score (nSPS) is 20.1. The summed E-state index contributed by atoms with van der Waals surface area (Å²) in [4.78, 5) is 4.65. The van der Waals surface area contributed by atoms with E-state index < -0.39 is 17.3 Å². The molecule has 0 bridgehead atoms. The summed E-state index contributed by atoms with van der Waals surface area (Å²) in [5.41, 5.74) is 1.54. The van der Waals surface area contributed by atoms with Crippen LogP contribution in [0.5, 0.6) is 5.75 Å². The fraction of sp³-hybridized carbons (Fsp3) is 0.500. The molecule has 2 aromatic rings. The molecule has 2 aromatic carbocycles. The average molecular weight is 489 g/mol. The Hall–Kier alpha value is -2.35. The minimum atomic E-state index is -4.30. The number of aliphatic hydroxyl groups is 1. The maximum absolute atomic E-state index is 12.8. The largest absolute Gasteiger partial charge is 0.497 e. The van der Waals surface area contributed by atoms with E-state index in [0.717, 1.165) is 93.0 Å². The second-order valence-corrected chi connectivity index (χ2v) is 9.71. The first-order chi connectivity index (χ1) is 16.8. The van der Waals surface area contributed by atoms with Gasteiger partial charge in [0.25, 0.3) is 0 Å². The lowest BCUT2D eigenvalue weighted by molar-refractivity contribution is -0.137. The summed E-state index contributed by atoms with van der Waals surface area (Å²) in [6.07, 6.45) is 2.70. The van der Waals surface area contributed by atoms with Gasteiger partial charge in [-0.15, -0.1) is 0 Å². The Morgan fingerprint density at radius 3 is 2.09 bits per heavy atom. The second kappa shape index (κ2) is 11.1. The van der Waals surface area contributed by atoms with Crippen LogP contribution in [0.3, 0.4) is 0 Å². The van der Waals surface area contributed by atoms with Crippen molar-refractivity contribution in [1.82, 2.24) is 9.80 Å². The van der Waals surface area contributed by atoms with Crippen LogP contribution in [0.1, 0.15) is 48.8 Å². The summed E-state index contributed by atoms with van der Waals surface area (Å²) in [5.74, 6) is 0.799. The maximum Gasteiger partial charge on any atom is 0.416 e. The van der Waals surface area contributed by atoms with Crippen molar-refractivity contribution in [1.29, 1.82) is 0 Å². The summed E-state index contributed by atoms with van der Waals surface area (Å²) < 4.78 is 43.7. The van der Waals surface area contributed by atoms with Crippen LogP contribution in [0.4, 0.5) is 13.2 Å². The lowest BCUT2D eigenvalue weighted by atomic mass is 9.76. The molecule has 190 valence electrons. The number of rotatable bonds is 7. The number of nitrogens with zero attached hydrogens (tertiary/aromatic N) is 2. The average Bonchev–Trinajstić information content (AvgIpc) is 2.86. The first-order valence-electron chi connectivity index (χ1n) is 12.5. The van der Waals surface area contributed by atoms with E-state index >= 15 is 0 Å². The van der Waals surface area contributed by atoms with Gasteiger partial charge in [0.15, 0.2) is 0 Å². The predicted octanol–water partition coefficient (Wildman–Crippen LogP) is 5.61. The highest BCUT2D eigenvalue weighted by molar-refractivity contribution is 5.72. The molecule has 7 heteroatoms. The van der Waals surface area contributed by atoms with Crippen molar-refractivity contribution in [3.8, 4) is 5.75 Å². The lowest BCUT2D eigenvalue weighted by Crippen LogP contribution is -2.46. The van der Waals surface area contributed by atoms with Crippen LogP contribution in [0.2, 0.25) is 0 Å². The molecule has 1 heterocycles. The van der Waals surface area contributed by atoms with Gasteiger partial charge in [0.05, 0.1) is 18.3 Å². The molecule has 0 spiro atoms. The second-order valence-electron chi connectivity index (χ2n) is 9.71. The highest BCUT2D eigenvalue weighted by Crippen LogP contribution is 2.39. The zero-order valence-electron chi connectivity index (χ0n) is 20.4. The molecule has 0 aromatic heterocycles. The Labute approximate surface area is 206 Å². The summed E-state index contributed by atoms with van der Waals surface area (Å²) in [7, 11) is 1.65. The van der Waals surface area contributed by atoms with Gasteiger partial charge in [-0.2, -0.15) is 13.2 Å². The van der Waals surface area contributed by atoms with Gasteiger partial charge in [-0.25, -0.2) is 0 Å². The van der Waals surface area contributed by atoms with E-state index in [2.05, 4.69) is 15.9 Å². The molecule has 1 saturated heterocycles. The predicted molar refractivity (Wildman–Crippen MR) is 132 cm³/mol. The first kappa shape index (κ1) is 25.7. The van der Waals surface area contributed by atoms with Crippen LogP contribution in [0.15, 0.2) is 54.6 Å². The number of methoxy groups -OCH3 is 1. The maximum atomic E-state index is 12.8. The Kier molecular flexibility index (Phi) is 8.19. The van der Waals surface area contributed by atoms with Gasteiger partial charge in [0, 0.05) is 39.3 Å². The molecule has 0 radical (unpaired) electrons. The first-order valence-corrected chi connectivity index (χ1v) is 12.5. The highest BCUT2D eigenvalue weighted by atomic mass is 19.4. The smallest absolute Gasteiger partial charge is 0.416 e. The molecule has 1 saturated carbocycles. The fourth-order valence-electron chi connectivity index (χ4n) is 5.16. The number of hydrogen-bond acceptors (Lipinski definition) is 4. The molecule has 1 N–H and O–H groups in total. The Morgan fingerprint density at radius 2 is 1.51 bits per heavy atom. The Bertz CT molecular complexity index is 973. The van der Waals surface area contributed by atoms with Crippen LogP contribution >= 0.6 is 0 Å². The minimum absolute atomic E-state index is 0.606.